The monoisotopic (exact) mass is 264 g/mol. The number of nitrogens with one attached hydrogen (secondary N) is 3. The van der Waals surface area contributed by atoms with E-state index in [2.05, 4.69) is 20.8 Å². The van der Waals surface area contributed by atoms with Crippen LogP contribution in [0.3, 0.4) is 0 Å². The fraction of sp³-hybridized carbons (Fsp3) is 0.714. The number of aromatic amines is 1. The third-order valence-corrected chi connectivity index (χ3v) is 4.39. The van der Waals surface area contributed by atoms with Gasteiger partial charge < -0.3 is 10.6 Å². The van der Waals surface area contributed by atoms with Crippen molar-refractivity contribution in [3.05, 3.63) is 11.3 Å². The third-order valence-electron chi connectivity index (χ3n) is 4.39. The maximum Gasteiger partial charge on any atom is 0.231 e. The summed E-state index contributed by atoms with van der Waals surface area (Å²) < 4.78 is 0. The lowest BCUT2D eigenvalue weighted by Gasteiger charge is -2.35. The molecule has 3 N–H and O–H groups in total. The van der Waals surface area contributed by atoms with Crippen molar-refractivity contribution in [1.29, 1.82) is 0 Å². The van der Waals surface area contributed by atoms with Gasteiger partial charge in [0.15, 0.2) is 5.82 Å². The molecule has 1 unspecified atom stereocenters. The number of nitrogens with zero attached hydrogens (tertiary/aromatic N) is 1. The highest BCUT2D eigenvalue weighted by atomic mass is 16.2. The van der Waals surface area contributed by atoms with E-state index >= 15 is 0 Å². The molecule has 1 aromatic rings. The largest absolute Gasteiger partial charge is 0.316 e. The molecule has 0 bridgehead atoms. The Morgan fingerprint density at radius 3 is 2.68 bits per heavy atom. The second-order valence-corrected chi connectivity index (χ2v) is 6.04. The molecule has 2 rings (SSSR count). The van der Waals surface area contributed by atoms with Gasteiger partial charge in [0.2, 0.25) is 5.91 Å². The molecule has 1 aliphatic heterocycles. The average molecular weight is 264 g/mol. The van der Waals surface area contributed by atoms with Gasteiger partial charge in [-0.05, 0) is 45.7 Å². The van der Waals surface area contributed by atoms with Gasteiger partial charge in [-0.15, -0.1) is 0 Å². The molecule has 1 fully saturated rings. The zero-order chi connectivity index (χ0) is 14.0. The minimum atomic E-state index is -0.382. The smallest absolute Gasteiger partial charge is 0.231 e. The van der Waals surface area contributed by atoms with Gasteiger partial charge in [-0.25, -0.2) is 0 Å². The average Bonchev–Trinajstić information content (AvgIpc) is 2.71. The molecule has 1 aliphatic rings. The van der Waals surface area contributed by atoms with E-state index in [1.165, 1.54) is 0 Å². The van der Waals surface area contributed by atoms with E-state index in [0.717, 1.165) is 37.2 Å². The molecule has 2 heterocycles. The van der Waals surface area contributed by atoms with Gasteiger partial charge in [0.05, 0.1) is 0 Å². The zero-order valence-corrected chi connectivity index (χ0v) is 12.3. The zero-order valence-electron chi connectivity index (χ0n) is 12.3. The Bertz CT molecular complexity index is 458. The number of aromatic nitrogens is 2. The maximum absolute atomic E-state index is 12.5. The Morgan fingerprint density at radius 1 is 1.42 bits per heavy atom. The quantitative estimate of drug-likeness (QED) is 0.782. The fourth-order valence-electron chi connectivity index (χ4n) is 2.53. The van der Waals surface area contributed by atoms with Gasteiger partial charge in [-0.2, -0.15) is 5.10 Å². The van der Waals surface area contributed by atoms with E-state index in [1.807, 2.05) is 27.7 Å². The normalized spacial score (nSPS) is 20.3. The number of aryl methyl sites for hydroxylation is 1. The summed E-state index contributed by atoms with van der Waals surface area (Å²) in [5, 5.41) is 13.4. The van der Waals surface area contributed by atoms with Crippen LogP contribution in [0.4, 0.5) is 5.82 Å². The summed E-state index contributed by atoms with van der Waals surface area (Å²) in [6, 6.07) is 0. The molecular formula is C14H24N4O. The van der Waals surface area contributed by atoms with Crippen molar-refractivity contribution in [2.24, 2.45) is 11.3 Å². The molecule has 0 radical (unpaired) electrons. The number of amides is 1. The van der Waals surface area contributed by atoms with Crippen LogP contribution in [0.1, 0.15) is 37.9 Å². The molecule has 0 aliphatic carbocycles. The first-order valence-electron chi connectivity index (χ1n) is 6.96. The first-order valence-corrected chi connectivity index (χ1v) is 6.96. The van der Waals surface area contributed by atoms with Crippen LogP contribution >= 0.6 is 0 Å². The summed E-state index contributed by atoms with van der Waals surface area (Å²) in [7, 11) is 0. The highest BCUT2D eigenvalue weighted by Gasteiger charge is 2.37. The second kappa shape index (κ2) is 5.33. The number of H-pyrrole nitrogens is 1. The summed E-state index contributed by atoms with van der Waals surface area (Å²) in [5.41, 5.74) is 1.62. The predicted octanol–water partition coefficient (Wildman–Crippen LogP) is 1.99. The number of anilines is 1. The molecular weight excluding hydrogens is 240 g/mol. The SMILES string of the molecule is Cc1[nH]nc(NC(=O)C(C)(C)C2CCCNC2)c1C. The Labute approximate surface area is 114 Å². The Balaban J connectivity index is 2.07. The van der Waals surface area contributed by atoms with Gasteiger partial charge >= 0.3 is 0 Å². The first kappa shape index (κ1) is 14.1. The van der Waals surface area contributed by atoms with Crippen LogP contribution in [0.5, 0.6) is 0 Å². The molecule has 1 amide bonds. The van der Waals surface area contributed by atoms with Gasteiger partial charge in [0, 0.05) is 16.7 Å². The lowest BCUT2D eigenvalue weighted by molar-refractivity contribution is -0.127. The number of carbonyl (C=O) groups excluding carboxylic acids is 1. The van der Waals surface area contributed by atoms with Crippen molar-refractivity contribution in [3.63, 3.8) is 0 Å². The van der Waals surface area contributed by atoms with Crippen molar-refractivity contribution >= 4 is 11.7 Å². The number of rotatable bonds is 3. The van der Waals surface area contributed by atoms with Crippen molar-refractivity contribution in [2.75, 3.05) is 18.4 Å². The molecule has 0 spiro atoms. The number of hydrogen-bond donors (Lipinski definition) is 3. The van der Waals surface area contributed by atoms with Gasteiger partial charge in [0.1, 0.15) is 0 Å². The van der Waals surface area contributed by atoms with Gasteiger partial charge in [-0.3, -0.25) is 9.89 Å². The minimum Gasteiger partial charge on any atom is -0.316 e. The molecule has 0 aromatic carbocycles. The van der Waals surface area contributed by atoms with Gasteiger partial charge in [0.25, 0.3) is 0 Å². The summed E-state index contributed by atoms with van der Waals surface area (Å²) >= 11 is 0. The van der Waals surface area contributed by atoms with E-state index in [1.54, 1.807) is 0 Å². The van der Waals surface area contributed by atoms with Crippen molar-refractivity contribution in [2.45, 2.75) is 40.5 Å². The van der Waals surface area contributed by atoms with Crippen LogP contribution in [0, 0.1) is 25.2 Å². The standard InChI is InChI=1S/C14H24N4O/c1-9-10(2)17-18-12(9)16-13(19)14(3,4)11-6-5-7-15-8-11/h11,15H,5-8H2,1-4H3,(H2,16,17,18,19). The first-order chi connectivity index (χ1) is 8.93. The van der Waals surface area contributed by atoms with Crippen molar-refractivity contribution in [3.8, 4) is 0 Å². The van der Waals surface area contributed by atoms with Crippen LogP contribution < -0.4 is 10.6 Å². The number of hydrogen-bond acceptors (Lipinski definition) is 3. The molecule has 1 atom stereocenters. The molecule has 106 valence electrons. The van der Waals surface area contributed by atoms with Crippen LogP contribution in [0.25, 0.3) is 0 Å². The minimum absolute atomic E-state index is 0.0517. The summed E-state index contributed by atoms with van der Waals surface area (Å²) in [6.45, 7) is 9.94. The van der Waals surface area contributed by atoms with E-state index in [4.69, 9.17) is 0 Å². The number of piperidine rings is 1. The van der Waals surface area contributed by atoms with Crippen LogP contribution in [-0.2, 0) is 4.79 Å². The van der Waals surface area contributed by atoms with E-state index < -0.39 is 0 Å². The fourth-order valence-corrected chi connectivity index (χ4v) is 2.53. The highest BCUT2D eigenvalue weighted by Crippen LogP contribution is 2.33. The summed E-state index contributed by atoms with van der Waals surface area (Å²) in [5.74, 6) is 1.08. The molecule has 1 aromatic heterocycles. The summed E-state index contributed by atoms with van der Waals surface area (Å²) in [6.07, 6.45) is 2.24. The molecule has 1 saturated heterocycles. The Morgan fingerprint density at radius 2 is 2.16 bits per heavy atom. The van der Waals surface area contributed by atoms with E-state index in [0.29, 0.717) is 11.7 Å². The molecule has 5 heteroatoms. The molecule has 0 saturated carbocycles. The lowest BCUT2D eigenvalue weighted by atomic mass is 9.74. The number of carbonyl (C=O) groups is 1. The highest BCUT2D eigenvalue weighted by molar-refractivity contribution is 5.94. The summed E-state index contributed by atoms with van der Waals surface area (Å²) in [4.78, 5) is 12.5. The van der Waals surface area contributed by atoms with Gasteiger partial charge in [-0.1, -0.05) is 13.8 Å². The Hall–Kier alpha value is -1.36. The Kier molecular flexibility index (Phi) is 3.94. The van der Waals surface area contributed by atoms with Crippen LogP contribution in [0.2, 0.25) is 0 Å². The topological polar surface area (TPSA) is 69.8 Å². The second-order valence-electron chi connectivity index (χ2n) is 6.04. The van der Waals surface area contributed by atoms with Crippen LogP contribution in [-0.4, -0.2) is 29.2 Å². The van der Waals surface area contributed by atoms with E-state index in [-0.39, 0.29) is 11.3 Å². The lowest BCUT2D eigenvalue weighted by Crippen LogP contribution is -2.44. The van der Waals surface area contributed by atoms with Crippen LogP contribution in [0.15, 0.2) is 0 Å². The third kappa shape index (κ3) is 2.81. The van der Waals surface area contributed by atoms with E-state index in [9.17, 15) is 4.79 Å². The van der Waals surface area contributed by atoms with Crippen molar-refractivity contribution < 1.29 is 4.79 Å². The predicted molar refractivity (Wildman–Crippen MR) is 76.1 cm³/mol. The van der Waals surface area contributed by atoms with Crippen molar-refractivity contribution in [1.82, 2.24) is 15.5 Å². The molecule has 19 heavy (non-hydrogen) atoms. The maximum atomic E-state index is 12.5. The molecule has 5 nitrogen and oxygen atoms in total.